The van der Waals surface area contributed by atoms with Crippen molar-refractivity contribution in [3.05, 3.63) is 41.6 Å². The van der Waals surface area contributed by atoms with Crippen molar-refractivity contribution in [3.63, 3.8) is 0 Å². The molecule has 1 fully saturated rings. The summed E-state index contributed by atoms with van der Waals surface area (Å²) in [5.74, 6) is 2.56. The van der Waals surface area contributed by atoms with Crippen LogP contribution in [-0.4, -0.2) is 16.1 Å². The van der Waals surface area contributed by atoms with Gasteiger partial charge in [0.25, 0.3) is 0 Å². The number of hydrogen-bond acceptors (Lipinski definition) is 3. The molecule has 1 saturated carbocycles. The zero-order valence-corrected chi connectivity index (χ0v) is 13.3. The van der Waals surface area contributed by atoms with Crippen molar-refractivity contribution in [2.45, 2.75) is 51.1 Å². The van der Waals surface area contributed by atoms with Gasteiger partial charge in [-0.15, -0.1) is 0 Å². The van der Waals surface area contributed by atoms with Crippen molar-refractivity contribution in [1.82, 2.24) is 14.9 Å². The summed E-state index contributed by atoms with van der Waals surface area (Å²) in [6.07, 6.45) is 6.37. The Hall–Kier alpha value is -1.88. The van der Waals surface area contributed by atoms with Gasteiger partial charge in [0, 0.05) is 24.7 Å². The molecular formula is C18H23FN4. The van der Waals surface area contributed by atoms with Gasteiger partial charge in [-0.05, 0) is 37.1 Å². The quantitative estimate of drug-likeness (QED) is 0.902. The van der Waals surface area contributed by atoms with Gasteiger partial charge in [0.2, 0.25) is 0 Å². The molecule has 0 bridgehead atoms. The van der Waals surface area contributed by atoms with Crippen LogP contribution in [0.2, 0.25) is 0 Å². The molecule has 0 atom stereocenters. The Morgan fingerprint density at radius 3 is 2.70 bits per heavy atom. The fourth-order valence-electron chi connectivity index (χ4n) is 3.75. The van der Waals surface area contributed by atoms with Crippen LogP contribution in [-0.2, 0) is 13.1 Å². The first-order chi connectivity index (χ1) is 11.3. The number of imidazole rings is 1. The van der Waals surface area contributed by atoms with Crippen molar-refractivity contribution < 1.29 is 4.39 Å². The standard InChI is InChI=1S/C18H23FN4/c19-14-6-8-15(9-7-14)21-18-17(13-4-2-1-3-5-13)22-16-12-20-10-11-23(16)18/h6-9,13,20-21H,1-5,10-12H2. The van der Waals surface area contributed by atoms with Gasteiger partial charge in [-0.3, -0.25) is 0 Å². The molecule has 0 saturated heterocycles. The SMILES string of the molecule is Fc1ccc(Nc2c(C3CCCCC3)nc3n2CCNC3)cc1. The zero-order valence-electron chi connectivity index (χ0n) is 13.3. The van der Waals surface area contributed by atoms with Crippen LogP contribution in [0, 0.1) is 5.82 Å². The second-order valence-electron chi connectivity index (χ2n) is 6.56. The van der Waals surface area contributed by atoms with Gasteiger partial charge in [-0.25, -0.2) is 9.37 Å². The Labute approximate surface area is 136 Å². The summed E-state index contributed by atoms with van der Waals surface area (Å²) in [5, 5.41) is 6.91. The van der Waals surface area contributed by atoms with Gasteiger partial charge < -0.3 is 15.2 Å². The Balaban J connectivity index is 1.70. The predicted octanol–water partition coefficient (Wildman–Crippen LogP) is 3.92. The van der Waals surface area contributed by atoms with Crippen LogP contribution in [0.1, 0.15) is 49.5 Å². The van der Waals surface area contributed by atoms with E-state index in [1.54, 1.807) is 12.1 Å². The van der Waals surface area contributed by atoms with E-state index in [0.29, 0.717) is 5.92 Å². The molecule has 2 aliphatic rings. The third-order valence-corrected chi connectivity index (χ3v) is 4.97. The number of nitrogens with zero attached hydrogens (tertiary/aromatic N) is 2. The first-order valence-electron chi connectivity index (χ1n) is 8.64. The molecule has 1 aliphatic heterocycles. The molecule has 2 aromatic rings. The summed E-state index contributed by atoms with van der Waals surface area (Å²) >= 11 is 0. The number of fused-ring (bicyclic) bond motifs is 1. The van der Waals surface area contributed by atoms with Crippen molar-refractivity contribution in [2.75, 3.05) is 11.9 Å². The lowest BCUT2D eigenvalue weighted by atomic mass is 9.87. The van der Waals surface area contributed by atoms with E-state index >= 15 is 0 Å². The Bertz CT molecular complexity index is 671. The monoisotopic (exact) mass is 314 g/mol. The summed E-state index contributed by atoms with van der Waals surface area (Å²) in [5.41, 5.74) is 2.12. The molecule has 4 nitrogen and oxygen atoms in total. The van der Waals surface area contributed by atoms with Crippen molar-refractivity contribution in [2.24, 2.45) is 0 Å². The maximum absolute atomic E-state index is 13.2. The lowest BCUT2D eigenvalue weighted by Gasteiger charge is -2.22. The molecule has 1 aromatic carbocycles. The van der Waals surface area contributed by atoms with E-state index in [1.165, 1.54) is 49.9 Å². The maximum Gasteiger partial charge on any atom is 0.134 e. The first-order valence-corrected chi connectivity index (χ1v) is 8.64. The Morgan fingerprint density at radius 2 is 1.91 bits per heavy atom. The molecular weight excluding hydrogens is 291 g/mol. The number of anilines is 2. The third-order valence-electron chi connectivity index (χ3n) is 4.97. The Morgan fingerprint density at radius 1 is 1.13 bits per heavy atom. The fraction of sp³-hybridized carbons (Fsp3) is 0.500. The molecule has 2 N–H and O–H groups in total. The van der Waals surface area contributed by atoms with E-state index in [1.807, 2.05) is 0 Å². The number of benzene rings is 1. The molecule has 4 rings (SSSR count). The van der Waals surface area contributed by atoms with Crippen LogP contribution in [0.4, 0.5) is 15.9 Å². The second-order valence-corrected chi connectivity index (χ2v) is 6.56. The maximum atomic E-state index is 13.2. The van der Waals surface area contributed by atoms with Crippen LogP contribution in [0.5, 0.6) is 0 Å². The summed E-state index contributed by atoms with van der Waals surface area (Å²) in [6.45, 7) is 2.72. The molecule has 5 heteroatoms. The van der Waals surface area contributed by atoms with Crippen molar-refractivity contribution in [3.8, 4) is 0 Å². The van der Waals surface area contributed by atoms with Crippen LogP contribution < -0.4 is 10.6 Å². The van der Waals surface area contributed by atoms with Gasteiger partial charge in [-0.2, -0.15) is 0 Å². The van der Waals surface area contributed by atoms with E-state index in [-0.39, 0.29) is 5.82 Å². The normalized spacial score (nSPS) is 18.7. The zero-order chi connectivity index (χ0) is 15.6. The topological polar surface area (TPSA) is 41.9 Å². The van der Waals surface area contributed by atoms with Gasteiger partial charge in [-0.1, -0.05) is 19.3 Å². The average Bonchev–Trinajstić information content (AvgIpc) is 2.96. The molecule has 1 aliphatic carbocycles. The summed E-state index contributed by atoms with van der Waals surface area (Å²) in [4.78, 5) is 4.95. The van der Waals surface area contributed by atoms with E-state index in [0.717, 1.165) is 37.0 Å². The van der Waals surface area contributed by atoms with Crippen LogP contribution in [0.25, 0.3) is 0 Å². The van der Waals surface area contributed by atoms with Gasteiger partial charge in [0.05, 0.1) is 12.2 Å². The van der Waals surface area contributed by atoms with Gasteiger partial charge >= 0.3 is 0 Å². The number of halogens is 1. The molecule has 122 valence electrons. The molecule has 0 unspecified atom stereocenters. The minimum atomic E-state index is -0.206. The smallest absolute Gasteiger partial charge is 0.134 e. The second kappa shape index (κ2) is 6.32. The number of rotatable bonds is 3. The number of hydrogen-bond donors (Lipinski definition) is 2. The largest absolute Gasteiger partial charge is 0.340 e. The lowest BCUT2D eigenvalue weighted by molar-refractivity contribution is 0.438. The Kier molecular flexibility index (Phi) is 4.04. The van der Waals surface area contributed by atoms with E-state index in [4.69, 9.17) is 4.98 Å². The molecule has 23 heavy (non-hydrogen) atoms. The third kappa shape index (κ3) is 2.98. The molecule has 1 aromatic heterocycles. The minimum Gasteiger partial charge on any atom is -0.340 e. The summed E-state index contributed by atoms with van der Waals surface area (Å²) in [6, 6.07) is 6.58. The highest BCUT2D eigenvalue weighted by molar-refractivity contribution is 5.60. The highest BCUT2D eigenvalue weighted by atomic mass is 19.1. The molecule has 0 spiro atoms. The lowest BCUT2D eigenvalue weighted by Crippen LogP contribution is -2.28. The van der Waals surface area contributed by atoms with Crippen molar-refractivity contribution in [1.29, 1.82) is 0 Å². The van der Waals surface area contributed by atoms with Crippen LogP contribution in [0.15, 0.2) is 24.3 Å². The first kappa shape index (κ1) is 14.7. The van der Waals surface area contributed by atoms with Gasteiger partial charge in [0.15, 0.2) is 0 Å². The van der Waals surface area contributed by atoms with Crippen LogP contribution >= 0.6 is 0 Å². The summed E-state index contributed by atoms with van der Waals surface area (Å²) in [7, 11) is 0. The predicted molar refractivity (Wildman–Crippen MR) is 89.4 cm³/mol. The van der Waals surface area contributed by atoms with Crippen molar-refractivity contribution >= 4 is 11.5 Å². The molecule has 2 heterocycles. The molecule has 0 radical (unpaired) electrons. The minimum absolute atomic E-state index is 0.206. The van der Waals surface area contributed by atoms with E-state index in [2.05, 4.69) is 15.2 Å². The highest BCUT2D eigenvalue weighted by Crippen LogP contribution is 2.37. The number of nitrogens with one attached hydrogen (secondary N) is 2. The number of aromatic nitrogens is 2. The van der Waals surface area contributed by atoms with Crippen LogP contribution in [0.3, 0.4) is 0 Å². The van der Waals surface area contributed by atoms with E-state index in [9.17, 15) is 4.39 Å². The fourth-order valence-corrected chi connectivity index (χ4v) is 3.75. The highest BCUT2D eigenvalue weighted by Gasteiger charge is 2.26. The average molecular weight is 314 g/mol. The van der Waals surface area contributed by atoms with Gasteiger partial charge in [0.1, 0.15) is 17.5 Å². The summed E-state index contributed by atoms with van der Waals surface area (Å²) < 4.78 is 15.5. The molecule has 0 amide bonds. The van der Waals surface area contributed by atoms with E-state index < -0.39 is 0 Å².